The number of hydrogen-bond donors (Lipinski definition) is 2. The van der Waals surface area contributed by atoms with Gasteiger partial charge < -0.3 is 9.88 Å². The van der Waals surface area contributed by atoms with Crippen molar-refractivity contribution in [3.8, 4) is 11.3 Å². The highest BCUT2D eigenvalue weighted by molar-refractivity contribution is 5.77. The van der Waals surface area contributed by atoms with E-state index in [0.29, 0.717) is 31.6 Å². The van der Waals surface area contributed by atoms with Gasteiger partial charge in [-0.3, -0.25) is 9.89 Å². The van der Waals surface area contributed by atoms with Gasteiger partial charge in [-0.1, -0.05) is 30.3 Å². The van der Waals surface area contributed by atoms with E-state index in [2.05, 4.69) is 32.3 Å². The molecule has 150 valence electrons. The molecule has 1 amide bonds. The van der Waals surface area contributed by atoms with Crippen LogP contribution in [0.1, 0.15) is 34.6 Å². The van der Waals surface area contributed by atoms with Gasteiger partial charge in [-0.05, 0) is 32.3 Å². The van der Waals surface area contributed by atoms with Crippen molar-refractivity contribution >= 4 is 5.91 Å². The first-order valence-corrected chi connectivity index (χ1v) is 9.98. The van der Waals surface area contributed by atoms with Crippen molar-refractivity contribution in [1.29, 1.82) is 0 Å². The van der Waals surface area contributed by atoms with Crippen LogP contribution in [0.2, 0.25) is 0 Å². The normalized spacial score (nSPS) is 13.8. The Bertz CT molecular complexity index is 1060. The number of benzene rings is 1. The third-order valence-electron chi connectivity index (χ3n) is 5.66. The second-order valence-electron chi connectivity index (χ2n) is 7.51. The number of aromatic amines is 2. The lowest BCUT2D eigenvalue weighted by Gasteiger charge is -2.20. The van der Waals surface area contributed by atoms with E-state index in [1.165, 1.54) is 5.56 Å². The molecule has 4 rings (SSSR count). The first-order chi connectivity index (χ1) is 14.0. The molecule has 0 aliphatic carbocycles. The molecule has 1 aliphatic heterocycles. The highest BCUT2D eigenvalue weighted by Gasteiger charge is 2.23. The Balaban J connectivity index is 1.43. The van der Waals surface area contributed by atoms with Crippen molar-refractivity contribution in [2.75, 3.05) is 13.1 Å². The van der Waals surface area contributed by atoms with Crippen molar-refractivity contribution in [1.82, 2.24) is 25.1 Å². The fourth-order valence-electron chi connectivity index (χ4n) is 4.08. The number of H-pyrrole nitrogens is 2. The van der Waals surface area contributed by atoms with Crippen LogP contribution in [0, 0.1) is 13.8 Å². The lowest BCUT2D eigenvalue weighted by atomic mass is 10.0. The van der Waals surface area contributed by atoms with E-state index in [9.17, 15) is 9.59 Å². The molecule has 7 heteroatoms. The molecule has 2 N–H and O–H groups in total. The van der Waals surface area contributed by atoms with E-state index in [4.69, 9.17) is 0 Å². The maximum atomic E-state index is 12.8. The Morgan fingerprint density at radius 3 is 2.66 bits per heavy atom. The first kappa shape index (κ1) is 19.1. The minimum absolute atomic E-state index is 0.134. The lowest BCUT2D eigenvalue weighted by Crippen LogP contribution is -2.33. The van der Waals surface area contributed by atoms with Crippen LogP contribution >= 0.6 is 0 Å². The summed E-state index contributed by atoms with van der Waals surface area (Å²) in [5.41, 5.74) is 6.52. The van der Waals surface area contributed by atoms with Crippen LogP contribution < -0.4 is 5.69 Å². The lowest BCUT2D eigenvalue weighted by molar-refractivity contribution is -0.131. The molecule has 0 unspecified atom stereocenters. The molecule has 1 aliphatic rings. The van der Waals surface area contributed by atoms with Gasteiger partial charge in [0.1, 0.15) is 0 Å². The number of carbonyl (C=O) groups is 1. The van der Waals surface area contributed by atoms with Crippen molar-refractivity contribution < 1.29 is 4.79 Å². The molecule has 29 heavy (non-hydrogen) atoms. The van der Waals surface area contributed by atoms with Crippen molar-refractivity contribution in [2.45, 2.75) is 39.5 Å². The molecule has 0 saturated heterocycles. The molecule has 7 nitrogen and oxygen atoms in total. The number of amides is 1. The van der Waals surface area contributed by atoms with Crippen LogP contribution in [0.3, 0.4) is 0 Å². The van der Waals surface area contributed by atoms with E-state index in [1.807, 2.05) is 36.9 Å². The average Bonchev–Trinajstić information content (AvgIpc) is 2.99. The van der Waals surface area contributed by atoms with Gasteiger partial charge in [0.25, 0.3) is 0 Å². The van der Waals surface area contributed by atoms with Gasteiger partial charge in [0, 0.05) is 54.1 Å². The zero-order valence-corrected chi connectivity index (χ0v) is 16.8. The quantitative estimate of drug-likeness (QED) is 0.714. The van der Waals surface area contributed by atoms with Gasteiger partial charge in [0.15, 0.2) is 0 Å². The Morgan fingerprint density at radius 2 is 1.90 bits per heavy atom. The maximum Gasteiger partial charge on any atom is 0.345 e. The third kappa shape index (κ3) is 3.99. The molecule has 0 fully saturated rings. The Labute approximate surface area is 169 Å². The predicted octanol–water partition coefficient (Wildman–Crippen LogP) is 2.34. The minimum atomic E-state index is -0.341. The van der Waals surface area contributed by atoms with Crippen molar-refractivity contribution in [2.24, 2.45) is 0 Å². The molecule has 0 spiro atoms. The largest absolute Gasteiger partial charge is 0.345 e. The molecule has 1 aromatic carbocycles. The van der Waals surface area contributed by atoms with Crippen molar-refractivity contribution in [3.63, 3.8) is 0 Å². The maximum absolute atomic E-state index is 12.8. The van der Waals surface area contributed by atoms with Crippen LogP contribution in [0.5, 0.6) is 0 Å². The standard InChI is InChI=1S/C22H25N5O2/c1-14-17(15(2)24-22(29)23-14)8-9-20(28)27-12-10-18-19(11-13-27)25-26-21(18)16-6-4-3-5-7-16/h3-7H,8-13H2,1-2H3,(H,25,26)(H,23,24,29). The molecule has 0 bridgehead atoms. The first-order valence-electron chi connectivity index (χ1n) is 9.98. The zero-order valence-electron chi connectivity index (χ0n) is 16.8. The van der Waals surface area contributed by atoms with E-state index in [1.54, 1.807) is 0 Å². The summed E-state index contributed by atoms with van der Waals surface area (Å²) >= 11 is 0. The topological polar surface area (TPSA) is 94.7 Å². The van der Waals surface area contributed by atoms with Gasteiger partial charge in [-0.25, -0.2) is 4.79 Å². The van der Waals surface area contributed by atoms with E-state index in [0.717, 1.165) is 41.1 Å². The van der Waals surface area contributed by atoms with E-state index < -0.39 is 0 Å². The fourth-order valence-corrected chi connectivity index (χ4v) is 4.08. The molecule has 0 radical (unpaired) electrons. The summed E-state index contributed by atoms with van der Waals surface area (Å²) in [4.78, 5) is 32.9. The van der Waals surface area contributed by atoms with E-state index in [-0.39, 0.29) is 11.6 Å². The Kier molecular flexibility index (Phi) is 5.29. The van der Waals surface area contributed by atoms with Crippen LogP contribution in [-0.4, -0.2) is 44.1 Å². The molecule has 0 saturated carbocycles. The summed E-state index contributed by atoms with van der Waals surface area (Å²) in [6, 6.07) is 10.1. The summed E-state index contributed by atoms with van der Waals surface area (Å²) in [6.07, 6.45) is 2.56. The Hall–Kier alpha value is -3.22. The van der Waals surface area contributed by atoms with Crippen LogP contribution in [0.25, 0.3) is 11.3 Å². The number of aryl methyl sites for hydroxylation is 2. The monoisotopic (exact) mass is 391 g/mol. The fraction of sp³-hybridized carbons (Fsp3) is 0.364. The van der Waals surface area contributed by atoms with Crippen LogP contribution in [0.4, 0.5) is 0 Å². The number of aromatic nitrogens is 4. The number of nitrogens with one attached hydrogen (secondary N) is 2. The van der Waals surface area contributed by atoms with Gasteiger partial charge in [0.05, 0.1) is 5.69 Å². The number of nitrogens with zero attached hydrogens (tertiary/aromatic N) is 3. The van der Waals surface area contributed by atoms with Crippen molar-refractivity contribution in [3.05, 3.63) is 69.0 Å². The zero-order chi connectivity index (χ0) is 20.4. The number of carbonyl (C=O) groups excluding carboxylic acids is 1. The predicted molar refractivity (Wildman–Crippen MR) is 111 cm³/mol. The highest BCUT2D eigenvalue weighted by atomic mass is 16.2. The molecular formula is C22H25N5O2. The summed E-state index contributed by atoms with van der Waals surface area (Å²) in [5, 5.41) is 7.69. The smallest absolute Gasteiger partial charge is 0.342 e. The minimum Gasteiger partial charge on any atom is -0.342 e. The van der Waals surface area contributed by atoms with Crippen LogP contribution in [-0.2, 0) is 24.1 Å². The second-order valence-corrected chi connectivity index (χ2v) is 7.51. The summed E-state index contributed by atoms with van der Waals surface area (Å²) in [6.45, 7) is 5.04. The third-order valence-corrected chi connectivity index (χ3v) is 5.66. The molecule has 0 atom stereocenters. The average molecular weight is 391 g/mol. The molecule has 2 aromatic heterocycles. The summed E-state index contributed by atoms with van der Waals surface area (Å²) in [5.74, 6) is 0.134. The SMILES string of the molecule is Cc1nc(=O)[nH]c(C)c1CCC(=O)N1CCc2[nH]nc(-c3ccccc3)c2CC1. The van der Waals surface area contributed by atoms with Gasteiger partial charge in [-0.15, -0.1) is 0 Å². The summed E-state index contributed by atoms with van der Waals surface area (Å²) < 4.78 is 0. The van der Waals surface area contributed by atoms with Gasteiger partial charge in [-0.2, -0.15) is 10.1 Å². The van der Waals surface area contributed by atoms with E-state index >= 15 is 0 Å². The Morgan fingerprint density at radius 1 is 1.14 bits per heavy atom. The van der Waals surface area contributed by atoms with Crippen LogP contribution in [0.15, 0.2) is 35.1 Å². The second kappa shape index (κ2) is 8.03. The highest BCUT2D eigenvalue weighted by Crippen LogP contribution is 2.26. The van der Waals surface area contributed by atoms with Gasteiger partial charge in [0.2, 0.25) is 5.91 Å². The number of rotatable bonds is 4. The number of fused-ring (bicyclic) bond motifs is 1. The number of hydrogen-bond acceptors (Lipinski definition) is 4. The molecule has 3 aromatic rings. The van der Waals surface area contributed by atoms with Gasteiger partial charge >= 0.3 is 5.69 Å². The molecular weight excluding hydrogens is 366 g/mol. The summed E-state index contributed by atoms with van der Waals surface area (Å²) in [7, 11) is 0. The molecule has 3 heterocycles.